The number of anilines is 1. The number of pyridine rings is 1. The number of rotatable bonds is 1. The van der Waals surface area contributed by atoms with Crippen molar-refractivity contribution in [3.05, 3.63) is 23.9 Å². The molecular formula is C12H13N4O3+. The van der Waals surface area contributed by atoms with E-state index in [1.54, 1.807) is 24.7 Å². The second-order valence-corrected chi connectivity index (χ2v) is 5.12. The first kappa shape index (κ1) is 11.1. The van der Waals surface area contributed by atoms with Gasteiger partial charge in [0.25, 0.3) is 5.72 Å². The predicted octanol–water partition coefficient (Wildman–Crippen LogP) is -0.992. The van der Waals surface area contributed by atoms with E-state index in [0.717, 1.165) is 5.69 Å². The number of aliphatic hydroxyl groups excluding tert-OH is 2. The van der Waals surface area contributed by atoms with Gasteiger partial charge in [-0.1, -0.05) is 0 Å². The van der Waals surface area contributed by atoms with Crippen LogP contribution in [0, 0.1) is 0 Å². The molecule has 7 nitrogen and oxygen atoms in total. The Morgan fingerprint density at radius 2 is 2.26 bits per heavy atom. The summed E-state index contributed by atoms with van der Waals surface area (Å²) < 4.78 is 0.0414. The maximum atomic E-state index is 10.7. The van der Waals surface area contributed by atoms with Gasteiger partial charge in [-0.15, -0.1) is 0 Å². The van der Waals surface area contributed by atoms with Gasteiger partial charge in [0.1, 0.15) is 0 Å². The van der Waals surface area contributed by atoms with E-state index in [9.17, 15) is 10.2 Å². The van der Waals surface area contributed by atoms with Crippen LogP contribution in [0.25, 0.3) is 0 Å². The monoisotopic (exact) mass is 261 g/mol. The average molecular weight is 261 g/mol. The molecule has 3 heterocycles. The van der Waals surface area contributed by atoms with Crippen molar-refractivity contribution in [3.63, 3.8) is 0 Å². The van der Waals surface area contributed by atoms with Crippen molar-refractivity contribution in [2.45, 2.75) is 17.9 Å². The molecule has 1 unspecified atom stereocenters. The first-order valence-corrected chi connectivity index (χ1v) is 5.98. The second kappa shape index (κ2) is 3.02. The summed E-state index contributed by atoms with van der Waals surface area (Å²) in [6.07, 6.45) is 3.75. The highest BCUT2D eigenvalue weighted by molar-refractivity contribution is 5.99. The van der Waals surface area contributed by atoms with E-state index in [2.05, 4.69) is 9.98 Å². The Balaban J connectivity index is 1.89. The lowest BCUT2D eigenvalue weighted by Gasteiger charge is -2.21. The van der Waals surface area contributed by atoms with E-state index in [-0.39, 0.29) is 17.1 Å². The number of quaternary nitrogens is 1. The molecule has 0 amide bonds. The fraction of sp³-hybridized carbons (Fsp3) is 0.333. The van der Waals surface area contributed by atoms with Crippen LogP contribution in [0.3, 0.4) is 0 Å². The highest BCUT2D eigenvalue weighted by Crippen LogP contribution is 2.63. The van der Waals surface area contributed by atoms with Gasteiger partial charge in [-0.3, -0.25) is 0 Å². The van der Waals surface area contributed by atoms with Crippen LogP contribution in [0.1, 0.15) is 0 Å². The minimum absolute atomic E-state index is 0.0414. The summed E-state index contributed by atoms with van der Waals surface area (Å²) >= 11 is 0. The fourth-order valence-corrected chi connectivity index (χ4v) is 3.39. The Morgan fingerprint density at radius 1 is 1.47 bits per heavy atom. The lowest BCUT2D eigenvalue weighted by Crippen LogP contribution is -2.44. The highest BCUT2D eigenvalue weighted by atomic mass is 16.4. The summed E-state index contributed by atoms with van der Waals surface area (Å²) in [6.45, 7) is -0.261. The van der Waals surface area contributed by atoms with Gasteiger partial charge < -0.3 is 21.1 Å². The molecule has 19 heavy (non-hydrogen) atoms. The van der Waals surface area contributed by atoms with Crippen molar-refractivity contribution in [3.8, 4) is 0 Å². The van der Waals surface area contributed by atoms with Crippen LogP contribution in [0.15, 0.2) is 28.9 Å². The standard InChI is InChI=1S/C12H13N4O3/c13-11-9-7(1-2-14-11)16(5-15-9)8-3-6(4-17)10(18)12(8,16)19/h1-3,5,8,10,17-19H,4H2,(H2,13,14)/q+1/t8-,10-,12-,16?/m1/s1. The first-order valence-electron chi connectivity index (χ1n) is 5.98. The van der Waals surface area contributed by atoms with E-state index in [1.165, 1.54) is 0 Å². The summed E-state index contributed by atoms with van der Waals surface area (Å²) in [6, 6.07) is 1.41. The summed E-state index contributed by atoms with van der Waals surface area (Å²) in [5.74, 6) is 0.304. The van der Waals surface area contributed by atoms with Gasteiger partial charge in [0, 0.05) is 12.3 Å². The molecule has 4 rings (SSSR count). The van der Waals surface area contributed by atoms with Gasteiger partial charge in [0.05, 0.1) is 6.61 Å². The Hall–Kier alpha value is -1.80. The molecule has 1 fully saturated rings. The van der Waals surface area contributed by atoms with E-state index in [4.69, 9.17) is 10.8 Å². The Kier molecular flexibility index (Phi) is 1.76. The van der Waals surface area contributed by atoms with Gasteiger partial charge >= 0.3 is 0 Å². The van der Waals surface area contributed by atoms with E-state index in [1.807, 2.05) is 0 Å². The zero-order valence-electron chi connectivity index (χ0n) is 9.93. The van der Waals surface area contributed by atoms with Crippen LogP contribution < -0.4 is 10.2 Å². The summed E-state index contributed by atoms with van der Waals surface area (Å²) in [5, 5.41) is 30.1. The van der Waals surface area contributed by atoms with Crippen LogP contribution in [0.5, 0.6) is 0 Å². The number of hydrogen-bond donors (Lipinski definition) is 4. The SMILES string of the molecule is Nc1nccc2c1N=C[N+]21[C@@H]2C=C(CO)[C@@H](O)[C@]21O. The minimum Gasteiger partial charge on any atom is -0.392 e. The van der Waals surface area contributed by atoms with Crippen molar-refractivity contribution in [2.75, 3.05) is 12.3 Å². The average Bonchev–Trinajstić information content (AvgIpc) is 2.69. The molecule has 5 N–H and O–H groups in total. The van der Waals surface area contributed by atoms with Crippen molar-refractivity contribution < 1.29 is 15.3 Å². The first-order chi connectivity index (χ1) is 9.07. The molecule has 1 aromatic rings. The van der Waals surface area contributed by atoms with Gasteiger partial charge in [0.15, 0.2) is 29.6 Å². The van der Waals surface area contributed by atoms with Crippen molar-refractivity contribution >= 4 is 23.5 Å². The summed E-state index contributed by atoms with van der Waals surface area (Å²) in [4.78, 5) is 8.19. The van der Waals surface area contributed by atoms with Gasteiger partial charge in [-0.2, -0.15) is 9.48 Å². The van der Waals surface area contributed by atoms with Crippen LogP contribution >= 0.6 is 0 Å². The molecule has 2 aliphatic heterocycles. The third kappa shape index (κ3) is 0.932. The number of aliphatic imine (C=N–C) groups is 1. The van der Waals surface area contributed by atoms with Crippen molar-refractivity contribution in [2.24, 2.45) is 4.99 Å². The smallest absolute Gasteiger partial charge is 0.300 e. The molecule has 1 aromatic heterocycles. The molecule has 0 aromatic carbocycles. The molecule has 1 saturated heterocycles. The van der Waals surface area contributed by atoms with Crippen LogP contribution in [-0.4, -0.2) is 51.1 Å². The van der Waals surface area contributed by atoms with E-state index >= 15 is 0 Å². The Labute approximate surface area is 108 Å². The van der Waals surface area contributed by atoms with E-state index < -0.39 is 11.8 Å². The maximum Gasteiger partial charge on any atom is 0.300 e. The molecule has 0 saturated carbocycles. The summed E-state index contributed by atoms with van der Waals surface area (Å²) in [7, 11) is 0. The quantitative estimate of drug-likeness (QED) is 0.294. The molecule has 1 spiro atoms. The topological polar surface area (TPSA) is 112 Å². The number of nitrogen functional groups attached to an aromatic ring is 1. The normalized spacial score (nSPS) is 41.3. The van der Waals surface area contributed by atoms with Crippen molar-refractivity contribution in [1.82, 2.24) is 9.47 Å². The molecule has 3 aliphatic rings. The lowest BCUT2D eigenvalue weighted by atomic mass is 10.1. The number of nitrogens with two attached hydrogens (primary N) is 1. The molecule has 7 heteroatoms. The molecule has 1 aliphatic carbocycles. The van der Waals surface area contributed by atoms with Gasteiger partial charge in [0.2, 0.25) is 6.04 Å². The molecule has 0 radical (unpaired) electrons. The summed E-state index contributed by atoms with van der Waals surface area (Å²) in [5.41, 5.74) is 6.09. The molecule has 4 atom stereocenters. The third-order valence-corrected chi connectivity index (χ3v) is 4.41. The maximum absolute atomic E-state index is 10.7. The molecule has 98 valence electrons. The van der Waals surface area contributed by atoms with Crippen LogP contribution in [-0.2, 0) is 0 Å². The molecule has 0 bridgehead atoms. The fourth-order valence-electron chi connectivity index (χ4n) is 3.39. The van der Waals surface area contributed by atoms with Gasteiger partial charge in [-0.05, 0) is 11.6 Å². The van der Waals surface area contributed by atoms with Crippen LogP contribution in [0.2, 0.25) is 0 Å². The zero-order valence-corrected chi connectivity index (χ0v) is 9.93. The van der Waals surface area contributed by atoms with Crippen molar-refractivity contribution in [1.29, 1.82) is 0 Å². The van der Waals surface area contributed by atoms with Crippen LogP contribution in [0.4, 0.5) is 17.2 Å². The minimum atomic E-state index is -1.39. The lowest BCUT2D eigenvalue weighted by molar-refractivity contribution is -0.00272. The third-order valence-electron chi connectivity index (χ3n) is 4.41. The van der Waals surface area contributed by atoms with E-state index in [0.29, 0.717) is 17.1 Å². The largest absolute Gasteiger partial charge is 0.392 e. The Morgan fingerprint density at radius 3 is 2.89 bits per heavy atom. The second-order valence-electron chi connectivity index (χ2n) is 5.12. The highest BCUT2D eigenvalue weighted by Gasteiger charge is 2.87. The number of nitrogens with zero attached hydrogens (tertiary/aromatic N) is 3. The Bertz CT molecular complexity index is 658. The predicted molar refractivity (Wildman–Crippen MR) is 68.5 cm³/mol. The number of hydrogen-bond acceptors (Lipinski definition) is 6. The number of aliphatic hydroxyl groups is 3. The zero-order chi connectivity index (χ0) is 13.4. The number of fused-ring (bicyclic) bond motifs is 5. The van der Waals surface area contributed by atoms with Gasteiger partial charge in [-0.25, -0.2) is 4.98 Å². The number of aromatic nitrogens is 1. The molecular weight excluding hydrogens is 248 g/mol.